The first-order chi connectivity index (χ1) is 10.8. The quantitative estimate of drug-likeness (QED) is 0.734. The molecule has 0 aliphatic rings. The van der Waals surface area contributed by atoms with Crippen molar-refractivity contribution in [3.8, 4) is 0 Å². The number of benzene rings is 1. The summed E-state index contributed by atoms with van der Waals surface area (Å²) in [6, 6.07) is 12.1. The number of aromatic amines is 1. The van der Waals surface area contributed by atoms with Crippen molar-refractivity contribution in [3.63, 3.8) is 0 Å². The third kappa shape index (κ3) is 3.52. The van der Waals surface area contributed by atoms with Gasteiger partial charge in [0.05, 0.1) is 0 Å². The van der Waals surface area contributed by atoms with Crippen molar-refractivity contribution in [1.29, 1.82) is 0 Å². The minimum atomic E-state index is 0.0868. The van der Waals surface area contributed by atoms with Crippen molar-refractivity contribution < 1.29 is 4.79 Å². The number of rotatable bonds is 6. The van der Waals surface area contributed by atoms with Crippen molar-refractivity contribution in [2.24, 2.45) is 0 Å². The zero-order valence-electron chi connectivity index (χ0n) is 12.4. The van der Waals surface area contributed by atoms with Gasteiger partial charge in [0.1, 0.15) is 0 Å². The molecule has 22 heavy (non-hydrogen) atoms. The molecule has 1 amide bonds. The lowest BCUT2D eigenvalue weighted by Crippen LogP contribution is -2.25. The average Bonchev–Trinajstić information content (AvgIpc) is 2.97. The van der Waals surface area contributed by atoms with Crippen molar-refractivity contribution >= 4 is 16.8 Å². The van der Waals surface area contributed by atoms with Gasteiger partial charge >= 0.3 is 0 Å². The van der Waals surface area contributed by atoms with E-state index >= 15 is 0 Å². The highest BCUT2D eigenvalue weighted by molar-refractivity contribution is 5.83. The fraction of sp³-hybridized carbons (Fsp3) is 0.222. The van der Waals surface area contributed by atoms with Gasteiger partial charge in [0.15, 0.2) is 0 Å². The maximum atomic E-state index is 11.9. The Bertz CT molecular complexity index is 749. The van der Waals surface area contributed by atoms with E-state index in [9.17, 15) is 4.79 Å². The highest BCUT2D eigenvalue weighted by Gasteiger charge is 2.05. The van der Waals surface area contributed by atoms with Crippen molar-refractivity contribution in [2.75, 3.05) is 6.54 Å². The number of amides is 1. The third-order valence-corrected chi connectivity index (χ3v) is 3.75. The van der Waals surface area contributed by atoms with Crippen LogP contribution in [0, 0.1) is 0 Å². The zero-order chi connectivity index (χ0) is 15.2. The number of hydrogen-bond donors (Lipinski definition) is 2. The number of hydrogen-bond acceptors (Lipinski definition) is 2. The molecule has 0 unspecified atom stereocenters. The number of nitrogens with zero attached hydrogens (tertiary/aromatic N) is 1. The van der Waals surface area contributed by atoms with E-state index in [1.165, 1.54) is 10.9 Å². The highest BCUT2D eigenvalue weighted by atomic mass is 16.1. The lowest BCUT2D eigenvalue weighted by molar-refractivity contribution is -0.121. The van der Waals surface area contributed by atoms with Crippen LogP contribution in [-0.4, -0.2) is 22.4 Å². The Labute approximate surface area is 129 Å². The molecule has 1 aromatic carbocycles. The molecule has 0 spiro atoms. The molecule has 0 saturated carbocycles. The number of para-hydroxylation sites is 1. The summed E-state index contributed by atoms with van der Waals surface area (Å²) in [4.78, 5) is 19.2. The van der Waals surface area contributed by atoms with Gasteiger partial charge in [-0.15, -0.1) is 0 Å². The molecule has 0 atom stereocenters. The molecule has 4 heteroatoms. The predicted octanol–water partition coefficient (Wildman–Crippen LogP) is 2.85. The number of carbonyl (C=O) groups excluding carboxylic acids is 1. The molecule has 2 aromatic heterocycles. The SMILES string of the molecule is O=C(CCc1cccnc1)NCCc1c[nH]c2ccccc12. The molecule has 0 aliphatic heterocycles. The molecule has 4 nitrogen and oxygen atoms in total. The molecular weight excluding hydrogens is 274 g/mol. The van der Waals surface area contributed by atoms with Crippen LogP contribution in [0.3, 0.4) is 0 Å². The van der Waals surface area contributed by atoms with Crippen molar-refractivity contribution in [3.05, 3.63) is 66.1 Å². The number of nitrogens with one attached hydrogen (secondary N) is 2. The summed E-state index contributed by atoms with van der Waals surface area (Å²) >= 11 is 0. The van der Waals surface area contributed by atoms with E-state index in [-0.39, 0.29) is 5.91 Å². The van der Waals surface area contributed by atoms with E-state index in [1.807, 2.05) is 30.5 Å². The predicted molar refractivity (Wildman–Crippen MR) is 87.6 cm³/mol. The van der Waals surface area contributed by atoms with Gasteiger partial charge in [-0.1, -0.05) is 24.3 Å². The Hall–Kier alpha value is -2.62. The normalized spacial score (nSPS) is 10.7. The molecule has 0 saturated heterocycles. The molecule has 2 N–H and O–H groups in total. The maximum Gasteiger partial charge on any atom is 0.220 e. The minimum Gasteiger partial charge on any atom is -0.361 e. The lowest BCUT2D eigenvalue weighted by Gasteiger charge is -2.05. The lowest BCUT2D eigenvalue weighted by atomic mass is 10.1. The number of aromatic nitrogens is 2. The summed E-state index contributed by atoms with van der Waals surface area (Å²) in [7, 11) is 0. The summed E-state index contributed by atoms with van der Waals surface area (Å²) in [5, 5.41) is 4.21. The fourth-order valence-electron chi connectivity index (χ4n) is 2.57. The summed E-state index contributed by atoms with van der Waals surface area (Å²) in [5.41, 5.74) is 3.47. The van der Waals surface area contributed by atoms with Gasteiger partial charge in [-0.2, -0.15) is 0 Å². The molecule has 0 bridgehead atoms. The van der Waals surface area contributed by atoms with Crippen LogP contribution in [0.25, 0.3) is 10.9 Å². The molecular formula is C18H19N3O. The standard InChI is InChI=1S/C18H19N3O/c22-18(8-7-14-4-3-10-19-12-14)20-11-9-15-13-21-17-6-2-1-5-16(15)17/h1-6,10,12-13,21H,7-9,11H2,(H,20,22). The van der Waals surface area contributed by atoms with E-state index in [2.05, 4.69) is 27.4 Å². The van der Waals surface area contributed by atoms with Gasteiger partial charge in [-0.3, -0.25) is 9.78 Å². The molecule has 2 heterocycles. The van der Waals surface area contributed by atoms with Crippen LogP contribution in [0.15, 0.2) is 55.0 Å². The van der Waals surface area contributed by atoms with Crippen LogP contribution < -0.4 is 5.32 Å². The van der Waals surface area contributed by atoms with Crippen LogP contribution in [0.2, 0.25) is 0 Å². The smallest absolute Gasteiger partial charge is 0.220 e. The summed E-state index contributed by atoms with van der Waals surface area (Å²) < 4.78 is 0. The zero-order valence-corrected chi connectivity index (χ0v) is 12.4. The minimum absolute atomic E-state index is 0.0868. The topological polar surface area (TPSA) is 57.8 Å². The largest absolute Gasteiger partial charge is 0.361 e. The number of fused-ring (bicyclic) bond motifs is 1. The Morgan fingerprint density at radius 1 is 1.14 bits per heavy atom. The first kappa shape index (κ1) is 14.3. The van der Waals surface area contributed by atoms with E-state index in [1.54, 1.807) is 12.4 Å². The second kappa shape index (κ2) is 6.89. The van der Waals surface area contributed by atoms with Gasteiger partial charge in [0.25, 0.3) is 0 Å². The van der Waals surface area contributed by atoms with Crippen LogP contribution in [-0.2, 0) is 17.6 Å². The molecule has 0 radical (unpaired) electrons. The Morgan fingerprint density at radius 2 is 2.05 bits per heavy atom. The molecule has 3 aromatic rings. The van der Waals surface area contributed by atoms with Crippen LogP contribution in [0.4, 0.5) is 0 Å². The van der Waals surface area contributed by atoms with Crippen LogP contribution in [0.5, 0.6) is 0 Å². The monoisotopic (exact) mass is 293 g/mol. The molecule has 0 aliphatic carbocycles. The summed E-state index contributed by atoms with van der Waals surface area (Å²) in [6.45, 7) is 0.660. The van der Waals surface area contributed by atoms with E-state index in [0.717, 1.165) is 23.9 Å². The van der Waals surface area contributed by atoms with Crippen LogP contribution in [0.1, 0.15) is 17.5 Å². The van der Waals surface area contributed by atoms with Gasteiger partial charge in [0.2, 0.25) is 5.91 Å². The maximum absolute atomic E-state index is 11.9. The van der Waals surface area contributed by atoms with Crippen molar-refractivity contribution in [2.45, 2.75) is 19.3 Å². The number of carbonyl (C=O) groups is 1. The Morgan fingerprint density at radius 3 is 2.91 bits per heavy atom. The Balaban J connectivity index is 1.45. The van der Waals surface area contributed by atoms with Gasteiger partial charge in [-0.05, 0) is 36.1 Å². The number of H-pyrrole nitrogens is 1. The second-order valence-corrected chi connectivity index (χ2v) is 5.32. The van der Waals surface area contributed by atoms with Crippen LogP contribution >= 0.6 is 0 Å². The second-order valence-electron chi connectivity index (χ2n) is 5.32. The number of aryl methyl sites for hydroxylation is 1. The molecule has 3 rings (SSSR count). The first-order valence-corrected chi connectivity index (χ1v) is 7.53. The average molecular weight is 293 g/mol. The van der Waals surface area contributed by atoms with Gasteiger partial charge in [0, 0.05) is 42.5 Å². The Kier molecular flexibility index (Phi) is 4.49. The van der Waals surface area contributed by atoms with Gasteiger partial charge in [-0.25, -0.2) is 0 Å². The summed E-state index contributed by atoms with van der Waals surface area (Å²) in [6.07, 6.45) is 7.63. The van der Waals surface area contributed by atoms with E-state index in [4.69, 9.17) is 0 Å². The molecule has 112 valence electrons. The van der Waals surface area contributed by atoms with E-state index < -0.39 is 0 Å². The third-order valence-electron chi connectivity index (χ3n) is 3.75. The highest BCUT2D eigenvalue weighted by Crippen LogP contribution is 2.17. The van der Waals surface area contributed by atoms with Crippen molar-refractivity contribution in [1.82, 2.24) is 15.3 Å². The van der Waals surface area contributed by atoms with E-state index in [0.29, 0.717) is 13.0 Å². The molecule has 0 fully saturated rings. The first-order valence-electron chi connectivity index (χ1n) is 7.53. The number of pyridine rings is 1. The fourth-order valence-corrected chi connectivity index (χ4v) is 2.57. The van der Waals surface area contributed by atoms with Gasteiger partial charge < -0.3 is 10.3 Å². The summed E-state index contributed by atoms with van der Waals surface area (Å²) in [5.74, 6) is 0.0868.